The van der Waals surface area contributed by atoms with Crippen LogP contribution in [0.15, 0.2) is 36.1 Å². The number of amides is 3. The molecular formula is C24H32F2N2O4. The molecule has 0 aromatic rings. The Balaban J connectivity index is 1.74. The lowest BCUT2D eigenvalue weighted by Gasteiger charge is -2.50. The Morgan fingerprint density at radius 3 is 2.56 bits per heavy atom. The van der Waals surface area contributed by atoms with Crippen LogP contribution >= 0.6 is 0 Å². The van der Waals surface area contributed by atoms with Crippen molar-refractivity contribution in [1.82, 2.24) is 10.2 Å². The minimum Gasteiger partial charge on any atom is -0.493 e. The van der Waals surface area contributed by atoms with Crippen LogP contribution in [0.4, 0.5) is 13.6 Å². The largest absolute Gasteiger partial charge is 0.493 e. The van der Waals surface area contributed by atoms with Crippen molar-refractivity contribution in [1.29, 1.82) is 0 Å². The van der Waals surface area contributed by atoms with Crippen LogP contribution in [0.25, 0.3) is 0 Å². The average molecular weight is 451 g/mol. The predicted octanol–water partition coefficient (Wildman–Crippen LogP) is 4.33. The Labute approximate surface area is 187 Å². The molecule has 4 aliphatic rings. The number of carbonyl (C=O) groups is 2. The van der Waals surface area contributed by atoms with Crippen molar-refractivity contribution in [3.8, 4) is 0 Å². The third kappa shape index (κ3) is 4.09. The summed E-state index contributed by atoms with van der Waals surface area (Å²) in [6.45, 7) is 3.87. The van der Waals surface area contributed by atoms with Gasteiger partial charge in [0.2, 0.25) is 0 Å². The second-order valence-corrected chi connectivity index (χ2v) is 9.47. The van der Waals surface area contributed by atoms with Crippen LogP contribution in [-0.2, 0) is 14.3 Å². The maximum atomic E-state index is 13.7. The molecule has 1 unspecified atom stereocenters. The van der Waals surface area contributed by atoms with Gasteiger partial charge in [-0.1, -0.05) is 12.7 Å². The van der Waals surface area contributed by atoms with Crippen LogP contribution < -0.4 is 5.32 Å². The number of methoxy groups -OCH3 is 1. The van der Waals surface area contributed by atoms with Gasteiger partial charge >= 0.3 is 6.03 Å². The number of alkyl halides is 2. The molecule has 32 heavy (non-hydrogen) atoms. The Morgan fingerprint density at radius 2 is 1.94 bits per heavy atom. The van der Waals surface area contributed by atoms with Gasteiger partial charge in [0.15, 0.2) is 5.54 Å². The lowest BCUT2D eigenvalue weighted by molar-refractivity contribution is -0.138. The molecule has 6 nitrogen and oxygen atoms in total. The van der Waals surface area contributed by atoms with Crippen LogP contribution in [0.2, 0.25) is 0 Å². The summed E-state index contributed by atoms with van der Waals surface area (Å²) in [7, 11) is 1.67. The number of allylic oxidation sites excluding steroid dienone is 2. The smallest absolute Gasteiger partial charge is 0.325 e. The van der Waals surface area contributed by atoms with E-state index in [9.17, 15) is 18.4 Å². The van der Waals surface area contributed by atoms with Gasteiger partial charge in [-0.05, 0) is 75.0 Å². The highest BCUT2D eigenvalue weighted by Gasteiger charge is 2.64. The third-order valence-electron chi connectivity index (χ3n) is 7.50. The molecule has 1 N–H and O–H groups in total. The van der Waals surface area contributed by atoms with Crippen LogP contribution in [-0.4, -0.2) is 55.2 Å². The lowest BCUT2D eigenvalue weighted by atomic mass is 9.56. The molecule has 0 bridgehead atoms. The summed E-state index contributed by atoms with van der Waals surface area (Å²) in [6.07, 6.45) is 9.16. The fraction of sp³-hybridized carbons (Fsp3) is 0.667. The van der Waals surface area contributed by atoms with Gasteiger partial charge in [-0.25, -0.2) is 13.6 Å². The van der Waals surface area contributed by atoms with E-state index in [0.717, 1.165) is 25.7 Å². The number of rotatable bonds is 6. The van der Waals surface area contributed by atoms with Crippen molar-refractivity contribution in [3.05, 3.63) is 36.1 Å². The topological polar surface area (TPSA) is 67.9 Å². The Kier molecular flexibility index (Phi) is 6.43. The van der Waals surface area contributed by atoms with Gasteiger partial charge in [0.1, 0.15) is 5.76 Å². The van der Waals surface area contributed by atoms with E-state index < -0.39 is 35.9 Å². The van der Waals surface area contributed by atoms with Gasteiger partial charge in [-0.15, -0.1) is 0 Å². The van der Waals surface area contributed by atoms with E-state index in [4.69, 9.17) is 9.47 Å². The molecule has 0 aromatic carbocycles. The summed E-state index contributed by atoms with van der Waals surface area (Å²) in [6, 6.07) is -0.786. The summed E-state index contributed by atoms with van der Waals surface area (Å²) in [5, 5.41) is 2.85. The lowest BCUT2D eigenvalue weighted by Crippen LogP contribution is -2.62. The second kappa shape index (κ2) is 8.96. The monoisotopic (exact) mass is 450 g/mol. The minimum atomic E-state index is -2.81. The first-order chi connectivity index (χ1) is 15.3. The second-order valence-electron chi connectivity index (χ2n) is 9.47. The summed E-state index contributed by atoms with van der Waals surface area (Å²) in [5.74, 6) is 0.491. The van der Waals surface area contributed by atoms with Gasteiger partial charge < -0.3 is 14.8 Å². The van der Waals surface area contributed by atoms with Gasteiger partial charge in [-0.2, -0.15) is 0 Å². The first kappa shape index (κ1) is 23.0. The number of ether oxygens (including phenoxy) is 2. The van der Waals surface area contributed by atoms with Crippen LogP contribution in [0.5, 0.6) is 0 Å². The number of urea groups is 1. The third-order valence-corrected chi connectivity index (χ3v) is 7.50. The van der Waals surface area contributed by atoms with Gasteiger partial charge in [0.05, 0.1) is 19.3 Å². The minimum absolute atomic E-state index is 0.0754. The maximum absolute atomic E-state index is 13.7. The number of carbonyl (C=O) groups excluding carboxylic acids is 2. The SMILES string of the molecule is C=C1/C=C(OCC2CC2)\C=C/CCC2(CCC(OC)CC2)C12NC(=O)N(CC(F)F)C2=O. The standard InChI is InChI=1S/C24H32F2N2O4/c1-16-13-19(32-15-17-6-7-17)5-3-4-10-23(11-8-18(31-2)9-12-23)24(16)21(29)28(14-20(25)26)22(30)27-24/h3,5,13,17-18,20H,1,4,6-12,14-15H2,2H3,(H,27,30)/b5-3-,19-13+. The summed E-state index contributed by atoms with van der Waals surface area (Å²) in [4.78, 5) is 27.2. The predicted molar refractivity (Wildman–Crippen MR) is 115 cm³/mol. The highest BCUT2D eigenvalue weighted by Crippen LogP contribution is 2.54. The maximum Gasteiger partial charge on any atom is 0.325 e. The van der Waals surface area contributed by atoms with E-state index in [1.807, 2.05) is 12.2 Å². The molecule has 3 fully saturated rings. The van der Waals surface area contributed by atoms with E-state index in [1.165, 1.54) is 0 Å². The number of halogens is 2. The molecule has 2 saturated carbocycles. The van der Waals surface area contributed by atoms with Gasteiger partial charge in [0.25, 0.3) is 12.3 Å². The van der Waals surface area contributed by atoms with Crippen LogP contribution in [0.1, 0.15) is 51.4 Å². The zero-order valence-electron chi connectivity index (χ0n) is 18.6. The molecule has 8 heteroatoms. The quantitative estimate of drug-likeness (QED) is 0.612. The summed E-state index contributed by atoms with van der Waals surface area (Å²) >= 11 is 0. The van der Waals surface area contributed by atoms with Gasteiger partial charge in [-0.3, -0.25) is 9.69 Å². The van der Waals surface area contributed by atoms with E-state index >= 15 is 0 Å². The van der Waals surface area contributed by atoms with E-state index in [0.29, 0.717) is 54.4 Å². The van der Waals surface area contributed by atoms with E-state index in [2.05, 4.69) is 11.9 Å². The molecule has 176 valence electrons. The number of imide groups is 1. The fourth-order valence-corrected chi connectivity index (χ4v) is 5.47. The van der Waals surface area contributed by atoms with E-state index in [1.54, 1.807) is 13.2 Å². The average Bonchev–Trinajstić information content (AvgIpc) is 3.56. The van der Waals surface area contributed by atoms with Gasteiger partial charge in [0, 0.05) is 12.5 Å². The number of hydrogen-bond donors (Lipinski definition) is 1. The number of nitrogens with zero attached hydrogens (tertiary/aromatic N) is 1. The first-order valence-corrected chi connectivity index (χ1v) is 11.5. The fourth-order valence-electron chi connectivity index (χ4n) is 5.47. The molecule has 1 aliphatic heterocycles. The first-order valence-electron chi connectivity index (χ1n) is 11.5. The van der Waals surface area contributed by atoms with Crippen LogP contribution in [0.3, 0.4) is 0 Å². The Morgan fingerprint density at radius 1 is 1.22 bits per heavy atom. The van der Waals surface area contributed by atoms with Crippen molar-refractivity contribution in [2.75, 3.05) is 20.3 Å². The number of fused-ring (bicyclic) bond motifs is 1. The molecule has 0 aromatic heterocycles. The molecule has 1 saturated heterocycles. The molecule has 0 radical (unpaired) electrons. The molecule has 1 atom stereocenters. The van der Waals surface area contributed by atoms with Crippen LogP contribution in [0, 0.1) is 11.3 Å². The Bertz CT molecular complexity index is 828. The van der Waals surface area contributed by atoms with Crippen molar-refractivity contribution in [3.63, 3.8) is 0 Å². The molecule has 3 amide bonds. The molecule has 1 heterocycles. The number of hydrogen-bond acceptors (Lipinski definition) is 4. The molecular weight excluding hydrogens is 418 g/mol. The van der Waals surface area contributed by atoms with Crippen molar-refractivity contribution in [2.24, 2.45) is 11.3 Å². The summed E-state index contributed by atoms with van der Waals surface area (Å²) in [5.41, 5.74) is -1.73. The van der Waals surface area contributed by atoms with Crippen molar-refractivity contribution >= 4 is 11.9 Å². The van der Waals surface area contributed by atoms with E-state index in [-0.39, 0.29) is 6.10 Å². The summed E-state index contributed by atoms with van der Waals surface area (Å²) < 4.78 is 37.9. The van der Waals surface area contributed by atoms with Crippen molar-refractivity contribution in [2.45, 2.75) is 69.4 Å². The zero-order chi connectivity index (χ0) is 22.9. The molecule has 2 spiro atoms. The Hall–Kier alpha value is -2.22. The zero-order valence-corrected chi connectivity index (χ0v) is 18.6. The molecule has 3 aliphatic carbocycles. The normalized spacial score (nSPS) is 36.0. The molecule has 4 rings (SSSR count). The number of nitrogens with one attached hydrogen (secondary N) is 1. The highest BCUT2D eigenvalue weighted by atomic mass is 19.3. The highest BCUT2D eigenvalue weighted by molar-refractivity contribution is 6.10. The van der Waals surface area contributed by atoms with Crippen molar-refractivity contribution < 1.29 is 27.8 Å².